The van der Waals surface area contributed by atoms with Crippen molar-refractivity contribution in [2.24, 2.45) is 0 Å². The molecule has 0 fully saturated rings. The van der Waals surface area contributed by atoms with Crippen LogP contribution in [0.2, 0.25) is 5.02 Å². The lowest BCUT2D eigenvalue weighted by atomic mass is 10.0. The van der Waals surface area contributed by atoms with E-state index in [1.54, 1.807) is 36.4 Å². The van der Waals surface area contributed by atoms with Gasteiger partial charge in [0.05, 0.1) is 0 Å². The Morgan fingerprint density at radius 2 is 1.55 bits per heavy atom. The number of hydrogen-bond donors (Lipinski definition) is 3. The summed E-state index contributed by atoms with van der Waals surface area (Å²) in [5.74, 6) is -0.368. The molecule has 0 atom stereocenters. The fourth-order valence-electron chi connectivity index (χ4n) is 3.61. The number of ether oxygens (including phenoxy) is 2. The topological polar surface area (TPSA) is 123 Å². The highest BCUT2D eigenvalue weighted by atomic mass is 35.5. The maximum Gasteiger partial charge on any atom is 0.306 e. The first-order valence-corrected chi connectivity index (χ1v) is 13.2. The number of esters is 1. The van der Waals surface area contributed by atoms with Crippen molar-refractivity contribution in [1.29, 1.82) is 0 Å². The summed E-state index contributed by atoms with van der Waals surface area (Å²) < 4.78 is 11.0. The van der Waals surface area contributed by atoms with Crippen molar-refractivity contribution in [2.45, 2.75) is 46.0 Å². The van der Waals surface area contributed by atoms with Crippen LogP contribution in [0.25, 0.3) is 0 Å². The van der Waals surface area contributed by atoms with Gasteiger partial charge in [-0.1, -0.05) is 37.6 Å². The smallest absolute Gasteiger partial charge is 0.306 e. The minimum absolute atomic E-state index is 0.0424. The zero-order valence-corrected chi connectivity index (χ0v) is 23.3. The summed E-state index contributed by atoms with van der Waals surface area (Å²) in [6.07, 6.45) is 0.295. The van der Waals surface area contributed by atoms with E-state index < -0.39 is 24.4 Å². The largest absolute Gasteiger partial charge is 0.457 e. The van der Waals surface area contributed by atoms with Crippen LogP contribution >= 0.6 is 11.6 Å². The molecular formula is C30H32ClN3O6. The molecule has 0 aromatic heterocycles. The summed E-state index contributed by atoms with van der Waals surface area (Å²) in [6.45, 7) is 5.66. The van der Waals surface area contributed by atoms with Crippen molar-refractivity contribution in [2.75, 3.05) is 11.9 Å². The molecule has 3 N–H and O–H groups in total. The first-order valence-electron chi connectivity index (χ1n) is 12.8. The third-order valence-electron chi connectivity index (χ3n) is 5.73. The third-order valence-corrected chi connectivity index (χ3v) is 5.98. The number of rotatable bonds is 11. The highest BCUT2D eigenvalue weighted by Gasteiger charge is 2.12. The SMILES string of the molecule is Cc1ccc(C(C)C)c(Oc2ccc(NC(=O)CCCC(=O)OCC(=O)NNC(=O)c3ccc(Cl)cc3)cc2)c1. The number of hydrazine groups is 1. The predicted octanol–water partition coefficient (Wildman–Crippen LogP) is 5.68. The molecule has 0 aliphatic heterocycles. The van der Waals surface area contributed by atoms with Gasteiger partial charge in [0.1, 0.15) is 11.5 Å². The molecule has 0 saturated heterocycles. The van der Waals surface area contributed by atoms with Crippen LogP contribution in [0.3, 0.4) is 0 Å². The zero-order valence-electron chi connectivity index (χ0n) is 22.6. The lowest BCUT2D eigenvalue weighted by molar-refractivity contribution is -0.148. The first kappa shape index (κ1) is 30.2. The highest BCUT2D eigenvalue weighted by molar-refractivity contribution is 6.30. The molecule has 0 aliphatic rings. The first-order chi connectivity index (χ1) is 19.1. The number of carbonyl (C=O) groups is 4. The van der Waals surface area contributed by atoms with Crippen LogP contribution < -0.4 is 20.9 Å². The van der Waals surface area contributed by atoms with Crippen LogP contribution in [-0.2, 0) is 19.1 Å². The van der Waals surface area contributed by atoms with E-state index in [9.17, 15) is 19.2 Å². The lowest BCUT2D eigenvalue weighted by Gasteiger charge is -2.15. The Bertz CT molecular complexity index is 1340. The van der Waals surface area contributed by atoms with Crippen molar-refractivity contribution < 1.29 is 28.7 Å². The van der Waals surface area contributed by atoms with E-state index in [2.05, 4.69) is 42.1 Å². The van der Waals surface area contributed by atoms with E-state index in [-0.39, 0.29) is 25.2 Å². The van der Waals surface area contributed by atoms with Gasteiger partial charge in [-0.15, -0.1) is 0 Å². The number of anilines is 1. The molecule has 0 saturated carbocycles. The second-order valence-electron chi connectivity index (χ2n) is 9.39. The van der Waals surface area contributed by atoms with Crippen LogP contribution in [0.4, 0.5) is 5.69 Å². The van der Waals surface area contributed by atoms with Crippen LogP contribution in [0.5, 0.6) is 11.5 Å². The number of halogens is 1. The van der Waals surface area contributed by atoms with Crippen LogP contribution in [0.1, 0.15) is 60.5 Å². The molecule has 0 unspecified atom stereocenters. The van der Waals surface area contributed by atoms with Crippen molar-refractivity contribution in [3.05, 3.63) is 88.4 Å². The second-order valence-corrected chi connectivity index (χ2v) is 9.83. The number of benzene rings is 3. The lowest BCUT2D eigenvalue weighted by Crippen LogP contribution is -2.43. The standard InChI is InChI=1S/C30H32ClN3O6/c1-19(2)25-16-7-20(3)17-26(25)40-24-14-12-23(13-15-24)32-27(35)5-4-6-29(37)39-18-28(36)33-34-30(38)21-8-10-22(31)11-9-21/h7-17,19H,4-6,18H2,1-3H3,(H,32,35)(H,33,36)(H,34,38). The molecule has 0 bridgehead atoms. The number of aryl methyl sites for hydroxylation is 1. The molecular weight excluding hydrogens is 534 g/mol. The molecule has 9 nitrogen and oxygen atoms in total. The average molecular weight is 566 g/mol. The second kappa shape index (κ2) is 14.7. The average Bonchev–Trinajstić information content (AvgIpc) is 2.92. The van der Waals surface area contributed by atoms with Crippen LogP contribution in [-0.4, -0.2) is 30.3 Å². The Hall–Kier alpha value is -4.37. The fourth-order valence-corrected chi connectivity index (χ4v) is 3.74. The van der Waals surface area contributed by atoms with E-state index in [4.69, 9.17) is 21.1 Å². The molecule has 210 valence electrons. The molecule has 0 radical (unpaired) electrons. The molecule has 40 heavy (non-hydrogen) atoms. The van der Waals surface area contributed by atoms with Gasteiger partial charge in [-0.05, 0) is 85.0 Å². The number of carbonyl (C=O) groups excluding carboxylic acids is 4. The van der Waals surface area contributed by atoms with Crippen LogP contribution in [0.15, 0.2) is 66.7 Å². The molecule has 3 aromatic rings. The maximum atomic E-state index is 12.3. The summed E-state index contributed by atoms with van der Waals surface area (Å²) in [7, 11) is 0. The fraction of sp³-hybridized carbons (Fsp3) is 0.267. The van der Waals surface area contributed by atoms with E-state index in [0.717, 1.165) is 16.9 Å². The van der Waals surface area contributed by atoms with Crippen LogP contribution in [0, 0.1) is 6.92 Å². The predicted molar refractivity (Wildman–Crippen MR) is 152 cm³/mol. The quantitative estimate of drug-likeness (QED) is 0.203. The van der Waals surface area contributed by atoms with E-state index >= 15 is 0 Å². The van der Waals surface area contributed by atoms with Gasteiger partial charge < -0.3 is 14.8 Å². The van der Waals surface area contributed by atoms with Crippen molar-refractivity contribution in [1.82, 2.24) is 10.9 Å². The Labute approximate surface area is 238 Å². The number of amides is 3. The Balaban J connectivity index is 1.34. The van der Waals surface area contributed by atoms with E-state index in [0.29, 0.717) is 27.9 Å². The molecule has 3 amide bonds. The normalized spacial score (nSPS) is 10.5. The van der Waals surface area contributed by atoms with Crippen molar-refractivity contribution in [3.63, 3.8) is 0 Å². The summed E-state index contributed by atoms with van der Waals surface area (Å²) in [6, 6.07) is 19.3. The Morgan fingerprint density at radius 3 is 2.23 bits per heavy atom. The molecule has 3 rings (SSSR count). The summed E-state index contributed by atoms with van der Waals surface area (Å²) in [5, 5.41) is 3.26. The number of hydrogen-bond acceptors (Lipinski definition) is 6. The minimum Gasteiger partial charge on any atom is -0.457 e. The minimum atomic E-state index is -0.705. The Kier molecular flexibility index (Phi) is 11.1. The summed E-state index contributed by atoms with van der Waals surface area (Å²) in [5.41, 5.74) is 7.49. The number of nitrogens with one attached hydrogen (secondary N) is 3. The van der Waals surface area contributed by atoms with Gasteiger partial charge in [-0.25, -0.2) is 0 Å². The van der Waals surface area contributed by atoms with Gasteiger partial charge >= 0.3 is 5.97 Å². The third kappa shape index (κ3) is 9.74. The van der Waals surface area contributed by atoms with Gasteiger partial charge in [-0.2, -0.15) is 0 Å². The molecule has 10 heteroatoms. The van der Waals surface area contributed by atoms with Gasteiger partial charge in [-0.3, -0.25) is 30.0 Å². The summed E-state index contributed by atoms with van der Waals surface area (Å²) >= 11 is 5.77. The molecule has 0 spiro atoms. The van der Waals surface area contributed by atoms with E-state index in [1.165, 1.54) is 12.1 Å². The van der Waals surface area contributed by atoms with Crippen molar-refractivity contribution >= 4 is 41.0 Å². The van der Waals surface area contributed by atoms with Crippen molar-refractivity contribution in [3.8, 4) is 11.5 Å². The van der Waals surface area contributed by atoms with Gasteiger partial charge in [0.25, 0.3) is 11.8 Å². The van der Waals surface area contributed by atoms with Gasteiger partial charge in [0.2, 0.25) is 5.91 Å². The summed E-state index contributed by atoms with van der Waals surface area (Å²) in [4.78, 5) is 47.9. The molecule has 3 aromatic carbocycles. The van der Waals surface area contributed by atoms with E-state index in [1.807, 2.05) is 13.0 Å². The highest BCUT2D eigenvalue weighted by Crippen LogP contribution is 2.32. The zero-order chi connectivity index (χ0) is 29.1. The Morgan fingerprint density at radius 1 is 0.850 bits per heavy atom. The molecule has 0 aliphatic carbocycles. The van der Waals surface area contributed by atoms with Gasteiger partial charge in [0.15, 0.2) is 6.61 Å². The van der Waals surface area contributed by atoms with Gasteiger partial charge in [0, 0.05) is 29.1 Å². The maximum absolute atomic E-state index is 12.3. The monoisotopic (exact) mass is 565 g/mol. The molecule has 0 heterocycles.